The minimum Gasteiger partial charge on any atom is -0.481 e. The van der Waals surface area contributed by atoms with Crippen molar-refractivity contribution in [3.8, 4) is 0 Å². The maximum absolute atomic E-state index is 12.1. The molecule has 0 radical (unpaired) electrons. The summed E-state index contributed by atoms with van der Waals surface area (Å²) in [4.78, 5) is 45.1. The van der Waals surface area contributed by atoms with Gasteiger partial charge in [0, 0.05) is 25.9 Å². The summed E-state index contributed by atoms with van der Waals surface area (Å²) >= 11 is 0. The fraction of sp³-hybridized carbons (Fsp3) is 0.750. The second-order valence-corrected chi connectivity index (χ2v) is 5.81. The number of carboxylic acids is 1. The molecular weight excluding hydrogens is 314 g/mol. The molecule has 2 atom stereocenters. The first kappa shape index (κ1) is 21.9. The van der Waals surface area contributed by atoms with Gasteiger partial charge in [0.15, 0.2) is 0 Å². The fourth-order valence-electron chi connectivity index (χ4n) is 1.97. The highest BCUT2D eigenvalue weighted by atomic mass is 16.4. The zero-order valence-electron chi connectivity index (χ0n) is 14.7. The van der Waals surface area contributed by atoms with Crippen LogP contribution in [0.3, 0.4) is 0 Å². The lowest BCUT2D eigenvalue weighted by atomic mass is 10.1. The van der Waals surface area contributed by atoms with E-state index in [1.54, 1.807) is 0 Å². The molecule has 0 fully saturated rings. The molecule has 8 heteroatoms. The van der Waals surface area contributed by atoms with Crippen molar-refractivity contribution in [1.82, 2.24) is 16.0 Å². The number of unbranched alkanes of at least 4 members (excludes halogenated alkanes) is 1. The van der Waals surface area contributed by atoms with Crippen LogP contribution in [-0.4, -0.2) is 47.4 Å². The molecule has 0 rings (SSSR count). The molecule has 0 aromatic heterocycles. The van der Waals surface area contributed by atoms with Gasteiger partial charge in [0.05, 0.1) is 6.42 Å². The number of aliphatic carboxylic acids is 1. The summed E-state index contributed by atoms with van der Waals surface area (Å²) < 4.78 is 0. The fourth-order valence-corrected chi connectivity index (χ4v) is 1.97. The van der Waals surface area contributed by atoms with Gasteiger partial charge in [0.25, 0.3) is 0 Å². The van der Waals surface area contributed by atoms with Crippen LogP contribution in [0.5, 0.6) is 0 Å². The van der Waals surface area contributed by atoms with Crippen molar-refractivity contribution >= 4 is 23.7 Å². The molecule has 0 bridgehead atoms. The molecule has 0 spiro atoms. The molecular formula is C16H29N3O5. The summed E-state index contributed by atoms with van der Waals surface area (Å²) in [6.45, 7) is 5.64. The van der Waals surface area contributed by atoms with Crippen molar-refractivity contribution in [3.63, 3.8) is 0 Å². The van der Waals surface area contributed by atoms with E-state index in [1.165, 1.54) is 6.92 Å². The van der Waals surface area contributed by atoms with E-state index in [-0.39, 0.29) is 36.6 Å². The Balaban J connectivity index is 4.10. The smallest absolute Gasteiger partial charge is 0.303 e. The van der Waals surface area contributed by atoms with E-state index in [4.69, 9.17) is 5.11 Å². The van der Waals surface area contributed by atoms with E-state index in [0.29, 0.717) is 25.8 Å². The van der Waals surface area contributed by atoms with E-state index < -0.39 is 12.0 Å². The normalized spacial score (nSPS) is 12.8. The summed E-state index contributed by atoms with van der Waals surface area (Å²) in [5.41, 5.74) is 0. The Morgan fingerprint density at radius 1 is 1.04 bits per heavy atom. The van der Waals surface area contributed by atoms with Crippen LogP contribution < -0.4 is 16.0 Å². The summed E-state index contributed by atoms with van der Waals surface area (Å²) in [7, 11) is 0. The Morgan fingerprint density at radius 2 is 1.71 bits per heavy atom. The largest absolute Gasteiger partial charge is 0.481 e. The maximum atomic E-state index is 12.1. The van der Waals surface area contributed by atoms with Crippen LogP contribution >= 0.6 is 0 Å². The van der Waals surface area contributed by atoms with Crippen LogP contribution in [0.4, 0.5) is 0 Å². The van der Waals surface area contributed by atoms with Gasteiger partial charge in [-0.15, -0.1) is 0 Å². The van der Waals surface area contributed by atoms with Gasteiger partial charge in [-0.2, -0.15) is 0 Å². The zero-order valence-corrected chi connectivity index (χ0v) is 14.7. The van der Waals surface area contributed by atoms with Crippen molar-refractivity contribution < 1.29 is 24.3 Å². The highest BCUT2D eigenvalue weighted by Crippen LogP contribution is 2.03. The maximum Gasteiger partial charge on any atom is 0.303 e. The zero-order chi connectivity index (χ0) is 18.5. The lowest BCUT2D eigenvalue weighted by Crippen LogP contribution is -2.48. The Kier molecular flexibility index (Phi) is 11.2. The molecule has 0 aliphatic heterocycles. The topological polar surface area (TPSA) is 125 Å². The van der Waals surface area contributed by atoms with Gasteiger partial charge < -0.3 is 21.1 Å². The molecule has 0 aliphatic rings. The van der Waals surface area contributed by atoms with E-state index in [2.05, 4.69) is 16.0 Å². The van der Waals surface area contributed by atoms with Crippen LogP contribution in [-0.2, 0) is 19.2 Å². The molecule has 0 saturated carbocycles. The third-order valence-corrected chi connectivity index (χ3v) is 3.50. The number of carboxylic acid groups (broad SMARTS) is 1. The van der Waals surface area contributed by atoms with Gasteiger partial charge >= 0.3 is 5.97 Å². The lowest BCUT2D eigenvalue weighted by Gasteiger charge is -2.20. The van der Waals surface area contributed by atoms with E-state index >= 15 is 0 Å². The molecule has 24 heavy (non-hydrogen) atoms. The highest BCUT2D eigenvalue weighted by molar-refractivity contribution is 5.86. The number of hydrogen-bond donors (Lipinski definition) is 4. The second kappa shape index (κ2) is 12.3. The standard InChI is InChI=1S/C16H29N3O5/c1-4-11(2)18-16(24)13(19-12(3)20)7-5-6-10-17-14(21)8-9-15(22)23/h11,13H,4-10H2,1-3H3,(H,17,21)(H,18,24)(H,19,20)(H,22,23)/t11?,13-/m0/s1. The average Bonchev–Trinajstić information content (AvgIpc) is 2.50. The Morgan fingerprint density at radius 3 is 2.25 bits per heavy atom. The van der Waals surface area contributed by atoms with Crippen LogP contribution in [0.15, 0.2) is 0 Å². The van der Waals surface area contributed by atoms with Crippen LogP contribution in [0.1, 0.15) is 59.3 Å². The molecule has 138 valence electrons. The number of rotatable bonds is 12. The second-order valence-electron chi connectivity index (χ2n) is 5.81. The number of nitrogens with one attached hydrogen (secondary N) is 3. The predicted molar refractivity (Wildman–Crippen MR) is 89.2 cm³/mol. The molecule has 0 heterocycles. The van der Waals surface area contributed by atoms with E-state index in [0.717, 1.165) is 6.42 Å². The first-order chi connectivity index (χ1) is 11.3. The van der Waals surface area contributed by atoms with Crippen LogP contribution in [0.2, 0.25) is 0 Å². The highest BCUT2D eigenvalue weighted by Gasteiger charge is 2.20. The van der Waals surface area contributed by atoms with Crippen molar-refractivity contribution in [2.45, 2.75) is 71.4 Å². The first-order valence-electron chi connectivity index (χ1n) is 8.32. The SMILES string of the molecule is CCC(C)NC(=O)[C@H](CCCCNC(=O)CCC(=O)O)NC(C)=O. The summed E-state index contributed by atoms with van der Waals surface area (Å²) in [6, 6.07) is -0.540. The molecule has 0 saturated heterocycles. The molecule has 4 N–H and O–H groups in total. The number of carbonyl (C=O) groups excluding carboxylic acids is 3. The van der Waals surface area contributed by atoms with Gasteiger partial charge in [-0.25, -0.2) is 0 Å². The van der Waals surface area contributed by atoms with Crippen molar-refractivity contribution in [2.75, 3.05) is 6.54 Å². The van der Waals surface area contributed by atoms with Crippen LogP contribution in [0.25, 0.3) is 0 Å². The minimum absolute atomic E-state index is 0.0405. The number of hydrogen-bond acceptors (Lipinski definition) is 4. The quantitative estimate of drug-likeness (QED) is 0.385. The van der Waals surface area contributed by atoms with E-state index in [1.807, 2.05) is 13.8 Å². The van der Waals surface area contributed by atoms with Crippen molar-refractivity contribution in [1.29, 1.82) is 0 Å². The van der Waals surface area contributed by atoms with Gasteiger partial charge in [0.2, 0.25) is 17.7 Å². The number of amides is 3. The molecule has 0 aromatic rings. The van der Waals surface area contributed by atoms with E-state index in [9.17, 15) is 19.2 Å². The first-order valence-corrected chi connectivity index (χ1v) is 8.32. The van der Waals surface area contributed by atoms with Gasteiger partial charge in [-0.1, -0.05) is 6.92 Å². The van der Waals surface area contributed by atoms with Gasteiger partial charge in [-0.3, -0.25) is 19.2 Å². The van der Waals surface area contributed by atoms with Crippen molar-refractivity contribution in [3.05, 3.63) is 0 Å². The summed E-state index contributed by atoms with van der Waals surface area (Å²) in [5, 5.41) is 16.6. The molecule has 3 amide bonds. The number of carbonyl (C=O) groups is 4. The third-order valence-electron chi connectivity index (χ3n) is 3.50. The lowest BCUT2D eigenvalue weighted by molar-refractivity contribution is -0.138. The van der Waals surface area contributed by atoms with Crippen molar-refractivity contribution in [2.24, 2.45) is 0 Å². The minimum atomic E-state index is -1.00. The Labute approximate surface area is 142 Å². The Bertz CT molecular complexity index is 439. The van der Waals surface area contributed by atoms with Gasteiger partial charge in [0.1, 0.15) is 6.04 Å². The Hall–Kier alpha value is -2.12. The molecule has 0 aromatic carbocycles. The van der Waals surface area contributed by atoms with Crippen LogP contribution in [0, 0.1) is 0 Å². The monoisotopic (exact) mass is 343 g/mol. The van der Waals surface area contributed by atoms with Gasteiger partial charge in [-0.05, 0) is 32.6 Å². The summed E-state index contributed by atoms with van der Waals surface area (Å²) in [6.07, 6.45) is 2.35. The molecule has 0 aliphatic carbocycles. The third kappa shape index (κ3) is 11.4. The summed E-state index contributed by atoms with van der Waals surface area (Å²) in [5.74, 6) is -1.77. The average molecular weight is 343 g/mol. The predicted octanol–water partition coefficient (Wildman–Crippen LogP) is 0.557. The molecule has 8 nitrogen and oxygen atoms in total. The molecule has 1 unspecified atom stereocenters.